The van der Waals surface area contributed by atoms with E-state index in [2.05, 4.69) is 17.5 Å². The molecule has 0 heterocycles. The van der Waals surface area contributed by atoms with Crippen molar-refractivity contribution in [3.05, 3.63) is 129 Å². The number of carboxylic acids is 1. The van der Waals surface area contributed by atoms with Crippen molar-refractivity contribution in [2.45, 2.75) is 101 Å². The Kier molecular flexibility index (Phi) is 11.2. The number of ether oxygens (including phenoxy) is 2. The zero-order chi connectivity index (χ0) is 37.6. The largest absolute Gasteiger partial charge is 0.489 e. The summed E-state index contributed by atoms with van der Waals surface area (Å²) in [5.41, 5.74) is 11.6. The van der Waals surface area contributed by atoms with Crippen LogP contribution in [0, 0.1) is 36.5 Å². The number of nitriles is 2. The lowest BCUT2D eigenvalue weighted by molar-refractivity contribution is 0.0678. The fourth-order valence-corrected chi connectivity index (χ4v) is 7.09. The molecule has 0 spiro atoms. The molecule has 2 saturated carbocycles. The number of nitrogens with two attached hydrogens (primary N) is 1. The standard InChI is InChI=1S/C22H22N2O2.C12H14O3.C10H10N2/c1-15-6-4-11-19(20(15)26-18-9-5-10-18)21(25)24-22(14-23)12-16-7-2-3-8-17(16)13-22;1-8-4-2-7-10(12(13)14)11(8)15-9-5-3-6-9;11-7-10(12)5-8-3-1-2-4-9(8)6-10/h2-4,6-8,11,18H,5,9-10,12-13H2,1H3,(H,24,25);2,4,7,9H,3,5-6H2,1H3,(H,13,14);1-4H,5-6,12H2. The van der Waals surface area contributed by atoms with Gasteiger partial charge in [0.1, 0.15) is 28.1 Å². The predicted molar refractivity (Wildman–Crippen MR) is 202 cm³/mol. The van der Waals surface area contributed by atoms with Gasteiger partial charge in [-0.2, -0.15) is 10.5 Å². The number of aryl methyl sites for hydroxylation is 2. The van der Waals surface area contributed by atoms with E-state index in [4.69, 9.17) is 25.6 Å². The van der Waals surface area contributed by atoms with Crippen LogP contribution >= 0.6 is 0 Å². The number of amides is 1. The van der Waals surface area contributed by atoms with Crippen LogP contribution in [0.15, 0.2) is 84.9 Å². The number of aromatic carboxylic acids is 1. The Balaban J connectivity index is 0.000000150. The van der Waals surface area contributed by atoms with Gasteiger partial charge in [0, 0.05) is 25.7 Å². The minimum Gasteiger partial charge on any atom is -0.489 e. The topological polar surface area (TPSA) is 158 Å². The fourth-order valence-electron chi connectivity index (χ4n) is 7.09. The average Bonchev–Trinajstić information content (AvgIpc) is 3.66. The van der Waals surface area contributed by atoms with Gasteiger partial charge in [-0.1, -0.05) is 72.8 Å². The van der Waals surface area contributed by atoms with Crippen LogP contribution in [0.3, 0.4) is 0 Å². The van der Waals surface area contributed by atoms with Crippen LogP contribution in [0.2, 0.25) is 0 Å². The monoisotopic (exact) mass is 710 g/mol. The lowest BCUT2D eigenvalue weighted by Gasteiger charge is -2.29. The Morgan fingerprint density at radius 3 is 1.51 bits per heavy atom. The van der Waals surface area contributed by atoms with Crippen molar-refractivity contribution < 1.29 is 24.2 Å². The van der Waals surface area contributed by atoms with Crippen LogP contribution in [0.1, 0.15) is 92.6 Å². The van der Waals surface area contributed by atoms with E-state index in [0.717, 1.165) is 47.9 Å². The van der Waals surface area contributed by atoms with Gasteiger partial charge in [0.2, 0.25) is 0 Å². The van der Waals surface area contributed by atoms with Crippen LogP contribution < -0.4 is 20.5 Å². The molecule has 2 fully saturated rings. The number of benzene rings is 4. The predicted octanol–water partition coefficient (Wildman–Crippen LogP) is 7.35. The second-order valence-electron chi connectivity index (χ2n) is 14.7. The summed E-state index contributed by atoms with van der Waals surface area (Å²) >= 11 is 0. The first-order chi connectivity index (χ1) is 25.5. The normalized spacial score (nSPS) is 17.3. The van der Waals surface area contributed by atoms with E-state index in [9.17, 15) is 14.9 Å². The van der Waals surface area contributed by atoms with Crippen molar-refractivity contribution >= 4 is 11.9 Å². The first kappa shape index (κ1) is 37.1. The lowest BCUT2D eigenvalue weighted by atomic mass is 9.95. The first-order valence-corrected chi connectivity index (χ1v) is 18.4. The van der Waals surface area contributed by atoms with Gasteiger partial charge in [0.25, 0.3) is 5.91 Å². The maximum absolute atomic E-state index is 13.0. The molecule has 0 aromatic heterocycles. The van der Waals surface area contributed by atoms with Gasteiger partial charge >= 0.3 is 5.97 Å². The van der Waals surface area contributed by atoms with E-state index in [1.807, 2.05) is 80.6 Å². The van der Waals surface area contributed by atoms with E-state index in [1.54, 1.807) is 18.2 Å². The zero-order valence-electron chi connectivity index (χ0n) is 30.4. The van der Waals surface area contributed by atoms with Gasteiger partial charge in [-0.15, -0.1) is 0 Å². The van der Waals surface area contributed by atoms with Crippen LogP contribution in [0.25, 0.3) is 0 Å². The molecule has 0 unspecified atom stereocenters. The highest BCUT2D eigenvalue weighted by atomic mass is 16.5. The molecule has 4 aliphatic rings. The highest BCUT2D eigenvalue weighted by Gasteiger charge is 2.39. The van der Waals surface area contributed by atoms with Gasteiger partial charge in [0.05, 0.1) is 29.9 Å². The number of hydrogen-bond acceptors (Lipinski definition) is 7. The Morgan fingerprint density at radius 2 is 1.11 bits per heavy atom. The zero-order valence-corrected chi connectivity index (χ0v) is 30.4. The number of fused-ring (bicyclic) bond motifs is 2. The molecule has 0 atom stereocenters. The van der Waals surface area contributed by atoms with Crippen molar-refractivity contribution in [3.8, 4) is 23.6 Å². The van der Waals surface area contributed by atoms with Crippen molar-refractivity contribution in [1.82, 2.24) is 5.32 Å². The molecule has 4 aromatic rings. The number of rotatable bonds is 7. The van der Waals surface area contributed by atoms with Crippen molar-refractivity contribution in [2.75, 3.05) is 0 Å². The second-order valence-corrected chi connectivity index (χ2v) is 14.7. The number of nitrogens with one attached hydrogen (secondary N) is 1. The molecule has 9 nitrogen and oxygen atoms in total. The molecular weight excluding hydrogens is 665 g/mol. The Bertz CT molecular complexity index is 2020. The summed E-state index contributed by atoms with van der Waals surface area (Å²) in [6, 6.07) is 31.4. The average molecular weight is 711 g/mol. The Labute approximate surface area is 311 Å². The maximum atomic E-state index is 13.0. The third-order valence-electron chi connectivity index (χ3n) is 10.6. The number of carbonyl (C=O) groups excluding carboxylic acids is 1. The van der Waals surface area contributed by atoms with Crippen molar-refractivity contribution in [2.24, 2.45) is 5.73 Å². The molecular formula is C44H46N4O5. The molecule has 0 radical (unpaired) electrons. The summed E-state index contributed by atoms with van der Waals surface area (Å²) in [7, 11) is 0. The summed E-state index contributed by atoms with van der Waals surface area (Å²) in [6.07, 6.45) is 9.37. The summed E-state index contributed by atoms with van der Waals surface area (Å²) < 4.78 is 11.8. The number of carboxylic acid groups (broad SMARTS) is 1. The molecule has 4 N–H and O–H groups in total. The van der Waals surface area contributed by atoms with Gasteiger partial charge in [-0.3, -0.25) is 4.79 Å². The summed E-state index contributed by atoms with van der Waals surface area (Å²) in [5, 5.41) is 30.6. The molecule has 0 bridgehead atoms. The van der Waals surface area contributed by atoms with E-state index in [-0.39, 0.29) is 23.7 Å². The van der Waals surface area contributed by atoms with E-state index in [1.165, 1.54) is 24.0 Å². The molecule has 272 valence electrons. The Morgan fingerprint density at radius 1 is 0.679 bits per heavy atom. The second kappa shape index (κ2) is 15.9. The summed E-state index contributed by atoms with van der Waals surface area (Å²) in [6.45, 7) is 3.83. The molecule has 0 aliphatic heterocycles. The molecule has 0 saturated heterocycles. The molecule has 4 aromatic carbocycles. The number of para-hydroxylation sites is 2. The number of nitrogens with zero attached hydrogens (tertiary/aromatic N) is 2. The SMILES string of the molecule is Cc1cccc(C(=O)NC2(C#N)Cc3ccccc3C2)c1OC1CCC1.Cc1cccc(C(=O)O)c1OC1CCC1.N#CC1(N)Cc2ccccc2C1. The van der Waals surface area contributed by atoms with Gasteiger partial charge in [-0.05, 0) is 97.9 Å². The molecule has 9 heteroatoms. The molecule has 1 amide bonds. The highest BCUT2D eigenvalue weighted by molar-refractivity contribution is 5.98. The van der Waals surface area contributed by atoms with Crippen molar-refractivity contribution in [3.63, 3.8) is 0 Å². The van der Waals surface area contributed by atoms with Crippen LogP contribution in [0.5, 0.6) is 11.5 Å². The fraction of sp³-hybridized carbons (Fsp3) is 0.364. The van der Waals surface area contributed by atoms with E-state index in [0.29, 0.717) is 42.7 Å². The quantitative estimate of drug-likeness (QED) is 0.180. The highest BCUT2D eigenvalue weighted by Crippen LogP contribution is 2.34. The number of hydrogen-bond donors (Lipinski definition) is 3. The third-order valence-corrected chi connectivity index (χ3v) is 10.6. The summed E-state index contributed by atoms with van der Waals surface area (Å²) in [4.78, 5) is 24.0. The minimum atomic E-state index is -0.923. The maximum Gasteiger partial charge on any atom is 0.339 e. The number of carbonyl (C=O) groups is 2. The van der Waals surface area contributed by atoms with Crippen LogP contribution in [-0.2, 0) is 25.7 Å². The van der Waals surface area contributed by atoms with E-state index < -0.39 is 17.0 Å². The minimum absolute atomic E-state index is 0.198. The molecule has 4 aliphatic carbocycles. The smallest absolute Gasteiger partial charge is 0.339 e. The van der Waals surface area contributed by atoms with Gasteiger partial charge in [0.15, 0.2) is 0 Å². The van der Waals surface area contributed by atoms with Crippen molar-refractivity contribution in [1.29, 1.82) is 10.5 Å². The molecule has 53 heavy (non-hydrogen) atoms. The third kappa shape index (κ3) is 8.54. The van der Waals surface area contributed by atoms with E-state index >= 15 is 0 Å². The Hall–Kier alpha value is -5.64. The molecule has 8 rings (SSSR count). The van der Waals surface area contributed by atoms with Gasteiger partial charge < -0.3 is 25.6 Å². The van der Waals surface area contributed by atoms with Crippen LogP contribution in [0.4, 0.5) is 0 Å². The summed E-state index contributed by atoms with van der Waals surface area (Å²) in [5.74, 6) is 0.0263. The first-order valence-electron chi connectivity index (χ1n) is 18.4. The van der Waals surface area contributed by atoms with Gasteiger partial charge in [-0.25, -0.2) is 4.79 Å². The van der Waals surface area contributed by atoms with Crippen LogP contribution in [-0.4, -0.2) is 40.3 Å². The lowest BCUT2D eigenvalue weighted by Crippen LogP contribution is -2.48.